The van der Waals surface area contributed by atoms with Crippen LogP contribution in [0.1, 0.15) is 80.6 Å². The number of cyclic esters (lactones) is 1. The van der Waals surface area contributed by atoms with Crippen molar-refractivity contribution in [3.05, 3.63) is 23.8 Å². The minimum absolute atomic E-state index is 0.0330. The SMILES string of the molecule is CC[C@@H]1[C@@H]2C(=C[C@H](C)C[C@@H]2OC(=O)C(C)(C)CC)C=C[C@@H]1C.C[C@@H]1C[C@@H](O)CC(=O)O1. The van der Waals surface area contributed by atoms with Gasteiger partial charge < -0.3 is 14.6 Å². The van der Waals surface area contributed by atoms with Gasteiger partial charge in [0.1, 0.15) is 12.2 Å². The second-order valence-electron chi connectivity index (χ2n) is 10.3. The van der Waals surface area contributed by atoms with Crippen molar-refractivity contribution in [3.63, 3.8) is 0 Å². The minimum Gasteiger partial charge on any atom is -0.462 e. The van der Waals surface area contributed by atoms with Gasteiger partial charge in [0, 0.05) is 12.3 Å². The van der Waals surface area contributed by atoms with E-state index >= 15 is 0 Å². The van der Waals surface area contributed by atoms with E-state index in [0.29, 0.717) is 30.1 Å². The van der Waals surface area contributed by atoms with Gasteiger partial charge in [-0.05, 0) is 56.9 Å². The molecule has 1 heterocycles. The standard InChI is InChI=1S/C20H32O2.C6H10O3/c1-7-16-14(4)9-10-15-11-13(3)12-17(18(15)16)22-19(21)20(5,6)8-2;1-4-2-5(7)3-6(8)9-4/h9-11,13-14,16-18H,7-8,12H2,1-6H3;4-5,7H,2-3H2,1H3/t13-,14-,16-,17-,18-;4-,5-/m01/s1. The van der Waals surface area contributed by atoms with E-state index in [1.54, 1.807) is 6.92 Å². The van der Waals surface area contributed by atoms with Crippen molar-refractivity contribution in [1.29, 1.82) is 0 Å². The van der Waals surface area contributed by atoms with Crippen molar-refractivity contribution in [2.75, 3.05) is 0 Å². The number of rotatable bonds is 4. The first-order chi connectivity index (χ1) is 14.5. The quantitative estimate of drug-likeness (QED) is 0.614. The monoisotopic (exact) mass is 434 g/mol. The number of fused-ring (bicyclic) bond motifs is 1. The molecule has 0 aromatic heterocycles. The van der Waals surface area contributed by atoms with Crippen molar-refractivity contribution in [2.24, 2.45) is 29.1 Å². The second-order valence-corrected chi connectivity index (χ2v) is 10.3. The van der Waals surface area contributed by atoms with Gasteiger partial charge in [0.2, 0.25) is 0 Å². The van der Waals surface area contributed by atoms with E-state index in [2.05, 4.69) is 45.9 Å². The zero-order valence-electron chi connectivity index (χ0n) is 20.4. The lowest BCUT2D eigenvalue weighted by Gasteiger charge is -2.43. The molecule has 176 valence electrons. The lowest BCUT2D eigenvalue weighted by atomic mass is 9.66. The van der Waals surface area contributed by atoms with Crippen LogP contribution >= 0.6 is 0 Å². The van der Waals surface area contributed by atoms with Crippen molar-refractivity contribution in [2.45, 2.75) is 98.9 Å². The highest BCUT2D eigenvalue weighted by molar-refractivity contribution is 5.76. The summed E-state index contributed by atoms with van der Waals surface area (Å²) >= 11 is 0. The van der Waals surface area contributed by atoms with Crippen LogP contribution < -0.4 is 0 Å². The highest BCUT2D eigenvalue weighted by Crippen LogP contribution is 2.44. The molecule has 1 fully saturated rings. The van der Waals surface area contributed by atoms with Crippen LogP contribution in [-0.4, -0.2) is 35.4 Å². The maximum absolute atomic E-state index is 12.6. The molecule has 0 amide bonds. The lowest BCUT2D eigenvalue weighted by Crippen LogP contribution is -2.42. The van der Waals surface area contributed by atoms with Crippen LogP contribution in [-0.2, 0) is 19.1 Å². The summed E-state index contributed by atoms with van der Waals surface area (Å²) in [5, 5.41) is 8.95. The second kappa shape index (κ2) is 10.8. The van der Waals surface area contributed by atoms with Crippen LogP contribution in [0.3, 0.4) is 0 Å². The summed E-state index contributed by atoms with van der Waals surface area (Å²) in [6.45, 7) is 14.6. The number of allylic oxidation sites excluding steroid dienone is 3. The average molecular weight is 435 g/mol. The molecule has 0 aromatic rings. The van der Waals surface area contributed by atoms with Gasteiger partial charge in [-0.1, -0.05) is 52.3 Å². The molecule has 0 aromatic carbocycles. The van der Waals surface area contributed by atoms with Crippen LogP contribution in [0.5, 0.6) is 0 Å². The summed E-state index contributed by atoms with van der Waals surface area (Å²) in [6.07, 6.45) is 10.0. The number of aliphatic hydroxyl groups excluding tert-OH is 1. The van der Waals surface area contributed by atoms with Gasteiger partial charge >= 0.3 is 11.9 Å². The third-order valence-corrected chi connectivity index (χ3v) is 7.10. The van der Waals surface area contributed by atoms with Crippen LogP contribution in [0.25, 0.3) is 0 Å². The largest absolute Gasteiger partial charge is 0.462 e. The van der Waals surface area contributed by atoms with E-state index in [1.807, 2.05) is 13.8 Å². The highest BCUT2D eigenvalue weighted by atomic mass is 16.5. The highest BCUT2D eigenvalue weighted by Gasteiger charge is 2.42. The summed E-state index contributed by atoms with van der Waals surface area (Å²) < 4.78 is 10.8. The summed E-state index contributed by atoms with van der Waals surface area (Å²) in [5.41, 5.74) is 0.998. The molecular weight excluding hydrogens is 392 g/mol. The normalized spacial score (nSPS) is 35.2. The third-order valence-electron chi connectivity index (χ3n) is 7.10. The predicted molar refractivity (Wildman–Crippen MR) is 122 cm³/mol. The lowest BCUT2D eigenvalue weighted by molar-refractivity contribution is -0.164. The Morgan fingerprint density at radius 3 is 2.45 bits per heavy atom. The number of carbonyl (C=O) groups is 2. The molecule has 2 aliphatic carbocycles. The summed E-state index contributed by atoms with van der Waals surface area (Å²) in [6, 6.07) is 0. The molecule has 5 heteroatoms. The van der Waals surface area contributed by atoms with E-state index in [9.17, 15) is 9.59 Å². The molecule has 7 atom stereocenters. The number of hydrogen-bond acceptors (Lipinski definition) is 5. The molecular formula is C26H42O5. The Kier molecular flexibility index (Phi) is 8.93. The molecule has 31 heavy (non-hydrogen) atoms. The van der Waals surface area contributed by atoms with E-state index in [0.717, 1.165) is 19.3 Å². The average Bonchev–Trinajstić information content (AvgIpc) is 2.67. The van der Waals surface area contributed by atoms with E-state index < -0.39 is 6.10 Å². The van der Waals surface area contributed by atoms with Crippen LogP contribution in [0.2, 0.25) is 0 Å². The van der Waals surface area contributed by atoms with Crippen molar-refractivity contribution >= 4 is 11.9 Å². The fourth-order valence-electron chi connectivity index (χ4n) is 4.83. The summed E-state index contributed by atoms with van der Waals surface area (Å²) in [4.78, 5) is 23.1. The molecule has 1 N–H and O–H groups in total. The zero-order valence-corrected chi connectivity index (χ0v) is 20.4. The molecule has 1 aliphatic heterocycles. The van der Waals surface area contributed by atoms with Gasteiger partial charge in [0.15, 0.2) is 0 Å². The third kappa shape index (κ3) is 6.68. The Hall–Kier alpha value is -1.62. The fourth-order valence-corrected chi connectivity index (χ4v) is 4.83. The Morgan fingerprint density at radius 1 is 1.23 bits per heavy atom. The Labute approximate surface area is 188 Å². The first-order valence-electron chi connectivity index (χ1n) is 12.0. The number of aliphatic hydroxyl groups is 1. The smallest absolute Gasteiger partial charge is 0.311 e. The Balaban J connectivity index is 0.000000316. The Morgan fingerprint density at radius 2 is 1.90 bits per heavy atom. The molecule has 0 spiro atoms. The van der Waals surface area contributed by atoms with Crippen molar-refractivity contribution in [1.82, 2.24) is 0 Å². The van der Waals surface area contributed by atoms with Crippen LogP contribution in [0.15, 0.2) is 23.8 Å². The molecule has 0 unspecified atom stereocenters. The van der Waals surface area contributed by atoms with Crippen LogP contribution in [0.4, 0.5) is 0 Å². The van der Waals surface area contributed by atoms with Gasteiger partial charge in [-0.25, -0.2) is 0 Å². The summed E-state index contributed by atoms with van der Waals surface area (Å²) in [5.74, 6) is 1.65. The molecule has 0 bridgehead atoms. The van der Waals surface area contributed by atoms with Gasteiger partial charge in [0.05, 0.1) is 17.9 Å². The predicted octanol–water partition coefficient (Wildman–Crippen LogP) is 5.22. The van der Waals surface area contributed by atoms with Crippen LogP contribution in [0, 0.1) is 29.1 Å². The molecule has 0 saturated carbocycles. The van der Waals surface area contributed by atoms with Crippen molar-refractivity contribution < 1.29 is 24.2 Å². The van der Waals surface area contributed by atoms with E-state index in [-0.39, 0.29) is 36.0 Å². The van der Waals surface area contributed by atoms with E-state index in [4.69, 9.17) is 14.6 Å². The van der Waals surface area contributed by atoms with Gasteiger partial charge in [-0.15, -0.1) is 0 Å². The van der Waals surface area contributed by atoms with Gasteiger partial charge in [0.25, 0.3) is 0 Å². The molecule has 1 saturated heterocycles. The van der Waals surface area contributed by atoms with Gasteiger partial charge in [-0.2, -0.15) is 0 Å². The first-order valence-corrected chi connectivity index (χ1v) is 12.0. The fraction of sp³-hybridized carbons (Fsp3) is 0.769. The minimum atomic E-state index is -0.485. The number of carbonyl (C=O) groups excluding carboxylic acids is 2. The number of hydrogen-bond donors (Lipinski definition) is 1. The Bertz CT molecular complexity index is 680. The maximum atomic E-state index is 12.6. The topological polar surface area (TPSA) is 72.8 Å². The maximum Gasteiger partial charge on any atom is 0.311 e. The zero-order chi connectivity index (χ0) is 23.3. The molecule has 0 radical (unpaired) electrons. The number of ether oxygens (including phenoxy) is 2. The first kappa shape index (κ1) is 25.6. The number of esters is 2. The molecule has 5 nitrogen and oxygen atoms in total. The van der Waals surface area contributed by atoms with Gasteiger partial charge in [-0.3, -0.25) is 9.59 Å². The van der Waals surface area contributed by atoms with E-state index in [1.165, 1.54) is 5.57 Å². The molecule has 3 rings (SSSR count). The molecule has 3 aliphatic rings. The summed E-state index contributed by atoms with van der Waals surface area (Å²) in [7, 11) is 0. The van der Waals surface area contributed by atoms with Crippen molar-refractivity contribution in [3.8, 4) is 0 Å².